The molecule has 0 atom stereocenters. The Morgan fingerprint density at radius 1 is 0.950 bits per heavy atom. The summed E-state index contributed by atoms with van der Waals surface area (Å²) in [7, 11) is 0. The summed E-state index contributed by atoms with van der Waals surface area (Å²) in [4.78, 5) is 21.9. The monoisotopic (exact) mass is 276 g/mol. The number of rotatable bonds is 5. The van der Waals surface area contributed by atoms with Gasteiger partial charge < -0.3 is 10.2 Å². The number of benzene rings is 1. The Hall–Kier alpha value is -1.84. The van der Waals surface area contributed by atoms with Crippen molar-refractivity contribution in [1.82, 2.24) is 0 Å². The van der Waals surface area contributed by atoms with E-state index in [9.17, 15) is 14.7 Å². The molecule has 1 fully saturated rings. The highest BCUT2D eigenvalue weighted by Crippen LogP contribution is 2.42. The predicted octanol–water partition coefficient (Wildman–Crippen LogP) is 2.99. The first-order valence-electron chi connectivity index (χ1n) is 7.05. The van der Waals surface area contributed by atoms with Crippen molar-refractivity contribution in [2.75, 3.05) is 0 Å². The molecule has 0 saturated heterocycles. The Morgan fingerprint density at radius 2 is 1.55 bits per heavy atom. The van der Waals surface area contributed by atoms with Gasteiger partial charge in [0.05, 0.1) is 12.8 Å². The molecule has 1 aromatic carbocycles. The molecule has 2 N–H and O–H groups in total. The summed E-state index contributed by atoms with van der Waals surface area (Å²) in [5, 5.41) is 18.0. The quantitative estimate of drug-likeness (QED) is 0.867. The molecule has 0 bridgehead atoms. The van der Waals surface area contributed by atoms with E-state index >= 15 is 0 Å². The van der Waals surface area contributed by atoms with Gasteiger partial charge in [-0.2, -0.15) is 0 Å². The number of carboxylic acids is 2. The van der Waals surface area contributed by atoms with Gasteiger partial charge in [-0.1, -0.05) is 43.5 Å². The molecule has 0 amide bonds. The normalized spacial score (nSPS) is 17.6. The fourth-order valence-electron chi connectivity index (χ4n) is 3.24. The van der Waals surface area contributed by atoms with E-state index in [2.05, 4.69) is 0 Å². The van der Waals surface area contributed by atoms with Crippen molar-refractivity contribution >= 4 is 11.9 Å². The molecule has 20 heavy (non-hydrogen) atoms. The first-order chi connectivity index (χ1) is 9.52. The number of hydrogen-bond donors (Lipinski definition) is 2. The van der Waals surface area contributed by atoms with E-state index in [1.807, 2.05) is 24.3 Å². The minimum atomic E-state index is -0.851. The second-order valence-electron chi connectivity index (χ2n) is 5.68. The largest absolute Gasteiger partial charge is 0.481 e. The Balaban J connectivity index is 2.24. The third kappa shape index (κ3) is 3.38. The van der Waals surface area contributed by atoms with Gasteiger partial charge >= 0.3 is 11.9 Å². The second-order valence-corrected chi connectivity index (χ2v) is 5.68. The molecule has 0 unspecified atom stereocenters. The van der Waals surface area contributed by atoms with Crippen molar-refractivity contribution in [2.45, 2.75) is 50.4 Å². The molecule has 1 saturated carbocycles. The zero-order valence-electron chi connectivity index (χ0n) is 11.5. The van der Waals surface area contributed by atoms with Crippen LogP contribution in [-0.2, 0) is 21.4 Å². The number of hydrogen-bond acceptors (Lipinski definition) is 2. The van der Waals surface area contributed by atoms with E-state index in [0.717, 1.165) is 36.8 Å². The van der Waals surface area contributed by atoms with Gasteiger partial charge in [0.25, 0.3) is 0 Å². The van der Waals surface area contributed by atoms with Crippen LogP contribution in [0.15, 0.2) is 24.3 Å². The molecular weight excluding hydrogens is 256 g/mol. The first-order valence-corrected chi connectivity index (χ1v) is 7.05. The average Bonchev–Trinajstić information content (AvgIpc) is 2.39. The van der Waals surface area contributed by atoms with Gasteiger partial charge in [0.15, 0.2) is 0 Å². The smallest absolute Gasteiger partial charge is 0.307 e. The maximum absolute atomic E-state index is 11.2. The van der Waals surface area contributed by atoms with Crippen LogP contribution in [-0.4, -0.2) is 22.2 Å². The summed E-state index contributed by atoms with van der Waals surface area (Å²) in [5.74, 6) is -1.61. The summed E-state index contributed by atoms with van der Waals surface area (Å²) in [6.07, 6.45) is 5.25. The van der Waals surface area contributed by atoms with Crippen molar-refractivity contribution in [2.24, 2.45) is 0 Å². The van der Waals surface area contributed by atoms with Gasteiger partial charge in [0, 0.05) is 5.41 Å². The highest BCUT2D eigenvalue weighted by molar-refractivity contribution is 5.70. The van der Waals surface area contributed by atoms with E-state index in [1.165, 1.54) is 6.42 Å². The standard InChI is InChI=1S/C16H20O4/c17-14(18)10-12-4-6-13(7-5-12)16(11-15(19)20)8-2-1-3-9-16/h4-7H,1-3,8-11H2,(H,17,18)(H,19,20). The Labute approximate surface area is 118 Å². The molecule has 0 radical (unpaired) electrons. The summed E-state index contributed by atoms with van der Waals surface area (Å²) in [6.45, 7) is 0. The van der Waals surface area contributed by atoms with Crippen LogP contribution < -0.4 is 0 Å². The van der Waals surface area contributed by atoms with Crippen molar-refractivity contribution in [3.05, 3.63) is 35.4 Å². The summed E-state index contributed by atoms with van der Waals surface area (Å²) in [5.41, 5.74) is 1.52. The van der Waals surface area contributed by atoms with Crippen LogP contribution in [0.1, 0.15) is 49.7 Å². The Kier molecular flexibility index (Phi) is 4.42. The summed E-state index contributed by atoms with van der Waals surface area (Å²) < 4.78 is 0. The molecule has 0 aliphatic heterocycles. The lowest BCUT2D eigenvalue weighted by atomic mass is 9.67. The van der Waals surface area contributed by atoms with Gasteiger partial charge in [-0.15, -0.1) is 0 Å². The van der Waals surface area contributed by atoms with Crippen LogP contribution in [0.2, 0.25) is 0 Å². The van der Waals surface area contributed by atoms with Crippen LogP contribution in [0.3, 0.4) is 0 Å². The lowest BCUT2D eigenvalue weighted by molar-refractivity contribution is -0.139. The van der Waals surface area contributed by atoms with E-state index in [0.29, 0.717) is 0 Å². The van der Waals surface area contributed by atoms with Crippen LogP contribution in [0.5, 0.6) is 0 Å². The van der Waals surface area contributed by atoms with Gasteiger partial charge in [-0.3, -0.25) is 9.59 Å². The first kappa shape index (κ1) is 14.6. The highest BCUT2D eigenvalue weighted by Gasteiger charge is 2.35. The van der Waals surface area contributed by atoms with Crippen LogP contribution in [0, 0.1) is 0 Å². The van der Waals surface area contributed by atoms with E-state index in [-0.39, 0.29) is 18.3 Å². The summed E-state index contributed by atoms with van der Waals surface area (Å²) in [6, 6.07) is 7.43. The number of carboxylic acid groups (broad SMARTS) is 2. The third-order valence-electron chi connectivity index (χ3n) is 4.22. The van der Waals surface area contributed by atoms with Gasteiger partial charge in [-0.05, 0) is 24.0 Å². The molecule has 0 heterocycles. The zero-order chi connectivity index (χ0) is 14.6. The predicted molar refractivity (Wildman–Crippen MR) is 74.8 cm³/mol. The van der Waals surface area contributed by atoms with Gasteiger partial charge in [0.1, 0.15) is 0 Å². The van der Waals surface area contributed by atoms with Crippen LogP contribution in [0.25, 0.3) is 0 Å². The zero-order valence-corrected chi connectivity index (χ0v) is 11.5. The van der Waals surface area contributed by atoms with Crippen molar-refractivity contribution < 1.29 is 19.8 Å². The van der Waals surface area contributed by atoms with E-state index < -0.39 is 11.9 Å². The number of aliphatic carboxylic acids is 2. The number of carbonyl (C=O) groups is 2. The molecule has 1 aliphatic rings. The fourth-order valence-corrected chi connectivity index (χ4v) is 3.24. The van der Waals surface area contributed by atoms with Crippen molar-refractivity contribution in [3.63, 3.8) is 0 Å². The molecule has 2 rings (SSSR count). The lowest BCUT2D eigenvalue weighted by Gasteiger charge is -2.36. The minimum Gasteiger partial charge on any atom is -0.481 e. The van der Waals surface area contributed by atoms with Crippen LogP contribution in [0.4, 0.5) is 0 Å². The summed E-state index contributed by atoms with van der Waals surface area (Å²) >= 11 is 0. The maximum atomic E-state index is 11.2. The van der Waals surface area contributed by atoms with Crippen LogP contribution >= 0.6 is 0 Å². The van der Waals surface area contributed by atoms with Gasteiger partial charge in [-0.25, -0.2) is 0 Å². The molecule has 0 spiro atoms. The average molecular weight is 276 g/mol. The van der Waals surface area contributed by atoms with E-state index in [4.69, 9.17) is 5.11 Å². The second kappa shape index (κ2) is 6.07. The fraction of sp³-hybridized carbons (Fsp3) is 0.500. The van der Waals surface area contributed by atoms with Crippen molar-refractivity contribution in [1.29, 1.82) is 0 Å². The highest BCUT2D eigenvalue weighted by atomic mass is 16.4. The molecular formula is C16H20O4. The van der Waals surface area contributed by atoms with Crippen molar-refractivity contribution in [3.8, 4) is 0 Å². The minimum absolute atomic E-state index is 0.00616. The molecule has 0 aromatic heterocycles. The Morgan fingerprint density at radius 3 is 2.05 bits per heavy atom. The lowest BCUT2D eigenvalue weighted by Crippen LogP contribution is -2.31. The molecule has 4 heteroatoms. The molecule has 1 aliphatic carbocycles. The van der Waals surface area contributed by atoms with E-state index in [1.54, 1.807) is 0 Å². The third-order valence-corrected chi connectivity index (χ3v) is 4.22. The Bertz CT molecular complexity index is 484. The maximum Gasteiger partial charge on any atom is 0.307 e. The SMILES string of the molecule is O=C(O)Cc1ccc(C2(CC(=O)O)CCCCC2)cc1. The van der Waals surface area contributed by atoms with Gasteiger partial charge in [0.2, 0.25) is 0 Å². The molecule has 1 aromatic rings. The molecule has 4 nitrogen and oxygen atoms in total. The topological polar surface area (TPSA) is 74.6 Å². The molecule has 108 valence electrons.